The predicted molar refractivity (Wildman–Crippen MR) is 104 cm³/mol. The van der Waals surface area contributed by atoms with Crippen molar-refractivity contribution in [2.24, 2.45) is 5.92 Å². The lowest BCUT2D eigenvalue weighted by Gasteiger charge is -2.32. The largest absolute Gasteiger partial charge is 0.491 e. The fraction of sp³-hybridized carbons (Fsp3) is 0.476. The van der Waals surface area contributed by atoms with E-state index in [9.17, 15) is 23.1 Å². The number of benzene rings is 2. The van der Waals surface area contributed by atoms with E-state index in [-0.39, 0.29) is 6.61 Å². The van der Waals surface area contributed by atoms with Crippen LogP contribution in [0.15, 0.2) is 42.5 Å². The maximum absolute atomic E-state index is 12.2. The molecule has 0 spiro atoms. The van der Waals surface area contributed by atoms with E-state index in [1.54, 1.807) is 0 Å². The molecule has 0 aliphatic carbocycles. The van der Waals surface area contributed by atoms with E-state index in [4.69, 9.17) is 4.74 Å². The topological polar surface area (TPSA) is 61.8 Å². The first-order chi connectivity index (χ1) is 13.8. The molecule has 2 N–H and O–H groups in total. The molecule has 1 heterocycles. The van der Waals surface area contributed by atoms with Crippen LogP contribution < -0.4 is 10.1 Å². The molecule has 1 atom stereocenters. The molecule has 2 aromatic rings. The van der Waals surface area contributed by atoms with Crippen molar-refractivity contribution in [2.75, 3.05) is 32.8 Å². The summed E-state index contributed by atoms with van der Waals surface area (Å²) in [5.74, 6) is -0.287. The second-order valence-corrected chi connectivity index (χ2v) is 7.38. The highest BCUT2D eigenvalue weighted by molar-refractivity contribution is 5.83. The number of carbonyl (C=O) groups is 1. The van der Waals surface area contributed by atoms with Crippen LogP contribution >= 0.6 is 0 Å². The number of piperidine rings is 1. The molecule has 0 bridgehead atoms. The number of hydrogen-bond donors (Lipinski definition) is 2. The molecule has 1 aliphatic heterocycles. The third-order valence-electron chi connectivity index (χ3n) is 5.05. The Morgan fingerprint density at radius 1 is 1.17 bits per heavy atom. The number of nitrogens with zero attached hydrogens (tertiary/aromatic N) is 1. The van der Waals surface area contributed by atoms with Gasteiger partial charge in [0.1, 0.15) is 25.0 Å². The van der Waals surface area contributed by atoms with Crippen molar-refractivity contribution in [1.82, 2.24) is 10.2 Å². The summed E-state index contributed by atoms with van der Waals surface area (Å²) < 4.78 is 42.3. The van der Waals surface area contributed by atoms with Crippen molar-refractivity contribution in [3.8, 4) is 5.75 Å². The number of ether oxygens (including phenoxy) is 1. The quantitative estimate of drug-likeness (QED) is 0.737. The number of carbonyl (C=O) groups excluding carboxylic acids is 1. The Bertz CT molecular complexity index is 820. The SMILES string of the molecule is O=C(NCC(F)(F)F)C1CCN(CC(O)COc2ccc3ccccc3c2)CC1. The van der Waals surface area contributed by atoms with Crippen LogP contribution in [0.25, 0.3) is 10.8 Å². The van der Waals surface area contributed by atoms with Gasteiger partial charge < -0.3 is 20.1 Å². The lowest BCUT2D eigenvalue weighted by molar-refractivity contribution is -0.141. The van der Waals surface area contributed by atoms with E-state index >= 15 is 0 Å². The van der Waals surface area contributed by atoms with Gasteiger partial charge in [-0.05, 0) is 48.8 Å². The van der Waals surface area contributed by atoms with E-state index < -0.39 is 30.7 Å². The van der Waals surface area contributed by atoms with Gasteiger partial charge in [-0.15, -0.1) is 0 Å². The molecule has 1 fully saturated rings. The van der Waals surface area contributed by atoms with Gasteiger partial charge in [0.25, 0.3) is 0 Å². The maximum atomic E-state index is 12.2. The number of aliphatic hydroxyl groups excluding tert-OH is 1. The zero-order chi connectivity index (χ0) is 20.9. The monoisotopic (exact) mass is 410 g/mol. The molecule has 1 aliphatic rings. The Morgan fingerprint density at radius 3 is 2.55 bits per heavy atom. The third kappa shape index (κ3) is 6.61. The first-order valence-electron chi connectivity index (χ1n) is 9.66. The van der Waals surface area contributed by atoms with Gasteiger partial charge in [0.15, 0.2) is 0 Å². The molecular formula is C21H25F3N2O3. The Kier molecular flexibility index (Phi) is 6.97. The lowest BCUT2D eigenvalue weighted by atomic mass is 9.95. The van der Waals surface area contributed by atoms with Gasteiger partial charge in [0.2, 0.25) is 5.91 Å². The van der Waals surface area contributed by atoms with Crippen LogP contribution in [0.4, 0.5) is 13.2 Å². The van der Waals surface area contributed by atoms with Crippen molar-refractivity contribution >= 4 is 16.7 Å². The van der Waals surface area contributed by atoms with Crippen LogP contribution in [-0.4, -0.2) is 61.0 Å². The second kappa shape index (κ2) is 9.45. The standard InChI is InChI=1S/C21H25F3N2O3/c22-21(23,24)14-25-20(28)16-7-9-26(10-8-16)12-18(27)13-29-19-6-5-15-3-1-2-4-17(15)11-19/h1-6,11,16,18,27H,7-10,12-14H2,(H,25,28). The fourth-order valence-corrected chi connectivity index (χ4v) is 3.51. The minimum Gasteiger partial charge on any atom is -0.491 e. The summed E-state index contributed by atoms with van der Waals surface area (Å²) >= 11 is 0. The summed E-state index contributed by atoms with van der Waals surface area (Å²) in [5, 5.41) is 14.4. The number of nitrogens with one attached hydrogen (secondary N) is 1. The number of hydrogen-bond acceptors (Lipinski definition) is 4. The van der Waals surface area contributed by atoms with Gasteiger partial charge in [-0.3, -0.25) is 4.79 Å². The zero-order valence-corrected chi connectivity index (χ0v) is 16.0. The molecular weight excluding hydrogens is 385 g/mol. The number of halogens is 3. The molecule has 29 heavy (non-hydrogen) atoms. The van der Waals surface area contributed by atoms with Gasteiger partial charge in [-0.1, -0.05) is 30.3 Å². The van der Waals surface area contributed by atoms with Crippen LogP contribution in [0, 0.1) is 5.92 Å². The minimum absolute atomic E-state index is 0.143. The van der Waals surface area contributed by atoms with Crippen molar-refractivity contribution in [3.05, 3.63) is 42.5 Å². The maximum Gasteiger partial charge on any atom is 0.405 e. The Balaban J connectivity index is 1.39. The van der Waals surface area contributed by atoms with E-state index in [1.807, 2.05) is 52.7 Å². The normalized spacial score (nSPS) is 17.2. The Morgan fingerprint density at radius 2 is 1.86 bits per heavy atom. The molecule has 3 rings (SSSR count). The summed E-state index contributed by atoms with van der Waals surface area (Å²) in [6, 6.07) is 13.7. The molecule has 1 unspecified atom stereocenters. The van der Waals surface area contributed by atoms with E-state index in [2.05, 4.69) is 0 Å². The number of amides is 1. The molecule has 0 radical (unpaired) electrons. The molecule has 1 saturated heterocycles. The first-order valence-corrected chi connectivity index (χ1v) is 9.66. The summed E-state index contributed by atoms with van der Waals surface area (Å²) in [6.45, 7) is 0.347. The Hall–Kier alpha value is -2.32. The van der Waals surface area contributed by atoms with Gasteiger partial charge in [-0.2, -0.15) is 13.2 Å². The highest BCUT2D eigenvalue weighted by Gasteiger charge is 2.31. The molecule has 0 saturated carbocycles. The molecule has 8 heteroatoms. The fourth-order valence-electron chi connectivity index (χ4n) is 3.51. The smallest absolute Gasteiger partial charge is 0.405 e. The molecule has 2 aromatic carbocycles. The molecule has 0 aromatic heterocycles. The van der Waals surface area contributed by atoms with E-state index in [0.717, 1.165) is 10.8 Å². The van der Waals surface area contributed by atoms with Gasteiger partial charge in [0, 0.05) is 12.5 Å². The average Bonchev–Trinajstić information content (AvgIpc) is 2.70. The number of likely N-dealkylation sites (tertiary alicyclic amines) is 1. The number of aliphatic hydroxyl groups is 1. The summed E-state index contributed by atoms with van der Waals surface area (Å²) in [4.78, 5) is 13.8. The van der Waals surface area contributed by atoms with Crippen molar-refractivity contribution < 1.29 is 27.8 Å². The number of rotatable bonds is 7. The van der Waals surface area contributed by atoms with E-state index in [1.165, 1.54) is 0 Å². The van der Waals surface area contributed by atoms with Gasteiger partial charge >= 0.3 is 6.18 Å². The zero-order valence-electron chi connectivity index (χ0n) is 16.0. The van der Waals surface area contributed by atoms with Crippen LogP contribution in [0.1, 0.15) is 12.8 Å². The highest BCUT2D eigenvalue weighted by atomic mass is 19.4. The summed E-state index contributed by atoms with van der Waals surface area (Å²) in [5.41, 5.74) is 0. The molecule has 1 amide bonds. The minimum atomic E-state index is -4.40. The van der Waals surface area contributed by atoms with Gasteiger partial charge in [-0.25, -0.2) is 0 Å². The van der Waals surface area contributed by atoms with Crippen LogP contribution in [-0.2, 0) is 4.79 Å². The third-order valence-corrected chi connectivity index (χ3v) is 5.05. The van der Waals surface area contributed by atoms with E-state index in [0.29, 0.717) is 38.2 Å². The van der Waals surface area contributed by atoms with Crippen molar-refractivity contribution in [1.29, 1.82) is 0 Å². The van der Waals surface area contributed by atoms with Crippen LogP contribution in [0.3, 0.4) is 0 Å². The molecule has 158 valence electrons. The average molecular weight is 410 g/mol. The summed E-state index contributed by atoms with van der Waals surface area (Å²) in [7, 11) is 0. The first kappa shape index (κ1) is 21.4. The molecule has 5 nitrogen and oxygen atoms in total. The number of β-amino-alcohol motifs (C(OH)–C–C–N with tert-alkyl or cyclic N) is 1. The number of fused-ring (bicyclic) bond motifs is 1. The Labute approximate surface area is 167 Å². The summed E-state index contributed by atoms with van der Waals surface area (Å²) in [6.07, 6.45) is -4.15. The lowest BCUT2D eigenvalue weighted by Crippen LogP contribution is -2.45. The predicted octanol–water partition coefficient (Wildman–Crippen LogP) is 2.97. The number of alkyl halides is 3. The van der Waals surface area contributed by atoms with Crippen LogP contribution in [0.5, 0.6) is 5.75 Å². The van der Waals surface area contributed by atoms with Crippen molar-refractivity contribution in [2.45, 2.75) is 25.1 Å². The van der Waals surface area contributed by atoms with Crippen LogP contribution in [0.2, 0.25) is 0 Å². The van der Waals surface area contributed by atoms with Gasteiger partial charge in [0.05, 0.1) is 0 Å². The van der Waals surface area contributed by atoms with Crippen molar-refractivity contribution in [3.63, 3.8) is 0 Å². The second-order valence-electron chi connectivity index (χ2n) is 7.38. The highest BCUT2D eigenvalue weighted by Crippen LogP contribution is 2.21.